The quantitative estimate of drug-likeness (QED) is 0.0323. The number of ketones is 4. The summed E-state index contributed by atoms with van der Waals surface area (Å²) in [5.41, 5.74) is 16.1. The molecule has 20 heteroatoms. The molecule has 19 nitrogen and oxygen atoms in total. The normalized spacial score (nSPS) is 15.2. The van der Waals surface area contributed by atoms with Crippen molar-refractivity contribution in [2.24, 2.45) is 5.92 Å². The highest BCUT2D eigenvalue weighted by Crippen LogP contribution is 2.35. The Labute approximate surface area is 609 Å². The van der Waals surface area contributed by atoms with Crippen molar-refractivity contribution in [3.8, 4) is 17.1 Å². The molecule has 13 rings (SSSR count). The second-order valence-electron chi connectivity index (χ2n) is 28.1. The Morgan fingerprint density at radius 2 is 0.971 bits per heavy atom. The minimum Gasteiger partial charge on any atom is -0.466 e. The summed E-state index contributed by atoms with van der Waals surface area (Å²) < 4.78 is 11.2. The number of piperidine rings is 3. The van der Waals surface area contributed by atoms with Crippen molar-refractivity contribution in [3.63, 3.8) is 0 Å². The van der Waals surface area contributed by atoms with Crippen LogP contribution in [0.5, 0.6) is 0 Å². The molecule has 3 saturated heterocycles. The van der Waals surface area contributed by atoms with E-state index in [1.165, 1.54) is 12.8 Å². The number of aromatic nitrogens is 6. The minimum atomic E-state index is -0.110. The summed E-state index contributed by atoms with van der Waals surface area (Å²) in [6, 6.07) is 28.9. The number of Topliss-reactive ketones (excluding diaryl/α,β-unsaturated/α-hetero) is 4. The van der Waals surface area contributed by atoms with Crippen molar-refractivity contribution in [1.82, 2.24) is 48.7 Å². The molecule has 536 valence electrons. The van der Waals surface area contributed by atoms with Gasteiger partial charge in [0.25, 0.3) is 0 Å². The van der Waals surface area contributed by atoms with Crippen LogP contribution in [0.4, 0.5) is 11.4 Å². The topological polar surface area (TPSA) is 196 Å². The number of hydrogen-bond acceptors (Lipinski definition) is 13. The number of ether oxygens (including phenoxy) is 1. The molecule has 4 fully saturated rings. The van der Waals surface area contributed by atoms with Gasteiger partial charge in [0.15, 0.2) is 28.7 Å². The summed E-state index contributed by atoms with van der Waals surface area (Å²) in [5, 5.41) is 3.70. The number of amides is 1. The molecule has 0 bridgehead atoms. The van der Waals surface area contributed by atoms with Gasteiger partial charge in [0, 0.05) is 83.1 Å². The Hall–Kier alpha value is -9.50. The number of nitrogens with zero attached hydrogens (tertiary/aromatic N) is 11. The van der Waals surface area contributed by atoms with Crippen LogP contribution >= 0.6 is 11.6 Å². The van der Waals surface area contributed by atoms with E-state index in [-0.39, 0.29) is 41.4 Å². The summed E-state index contributed by atoms with van der Waals surface area (Å²) in [5.74, 6) is 1.04. The first kappa shape index (κ1) is 74.7. The highest BCUT2D eigenvalue weighted by atomic mass is 35.5. The number of benzene rings is 3. The van der Waals surface area contributed by atoms with E-state index in [2.05, 4.69) is 56.0 Å². The average Bonchev–Trinajstić information content (AvgIpc) is 1.62. The average molecular weight is 1410 g/mol. The molecule has 3 aromatic carbocycles. The molecule has 3 aliphatic heterocycles. The fourth-order valence-electron chi connectivity index (χ4n) is 14.9. The Morgan fingerprint density at radius 1 is 0.534 bits per heavy atom. The smallest absolute Gasteiger partial charge is 0.305 e. The first-order chi connectivity index (χ1) is 49.9. The van der Waals surface area contributed by atoms with E-state index >= 15 is 0 Å². The van der Waals surface area contributed by atoms with Gasteiger partial charge < -0.3 is 23.8 Å². The van der Waals surface area contributed by atoms with Crippen LogP contribution < -0.4 is 5.32 Å². The third-order valence-electron chi connectivity index (χ3n) is 20.3. The zero-order valence-corrected chi connectivity index (χ0v) is 61.3. The lowest BCUT2D eigenvalue weighted by Gasteiger charge is -2.31. The fourth-order valence-corrected chi connectivity index (χ4v) is 15.0. The third kappa shape index (κ3) is 18.7. The Bertz CT molecular complexity index is 4630. The highest BCUT2D eigenvalue weighted by Gasteiger charge is 2.30. The number of likely N-dealkylation sites (tertiary alicyclic amines) is 3. The lowest BCUT2D eigenvalue weighted by atomic mass is 9.91. The van der Waals surface area contributed by atoms with Crippen molar-refractivity contribution >= 4 is 91.1 Å². The van der Waals surface area contributed by atoms with Gasteiger partial charge in [0.2, 0.25) is 5.91 Å². The SMILES string of the molecule is CCCC(=O)CCc1cnc2c(C(=O)CN3CCCCC3)c(C)n(-c3ccc(Cl)cc3)c2c1.[C-]#[N+]c1ccc(-n2c(C)c(C(=O)CN3CCC(CCCC(=O)OCC)CC3)c3ncc(C)cc32)cc1.[C-]#[N+]c1ccc(-n2c(C)c(C(=O)CN3CCCCC3)c3ncc(CC(=O)NC4CC4)cc32)cc1. The van der Waals surface area contributed by atoms with Gasteiger partial charge in [-0.3, -0.25) is 58.4 Å². The lowest BCUT2D eigenvalue weighted by molar-refractivity contribution is -0.143. The molecule has 6 aromatic heterocycles. The molecular weight excluding hydrogens is 1310 g/mol. The maximum absolute atomic E-state index is 13.6. The van der Waals surface area contributed by atoms with E-state index in [9.17, 15) is 28.8 Å². The molecule has 0 radical (unpaired) electrons. The first-order valence-corrected chi connectivity index (χ1v) is 37.2. The molecule has 0 atom stereocenters. The number of halogens is 1. The molecule has 4 aliphatic rings. The molecule has 103 heavy (non-hydrogen) atoms. The van der Waals surface area contributed by atoms with Crippen LogP contribution in [0.1, 0.15) is 181 Å². The summed E-state index contributed by atoms with van der Waals surface area (Å²) in [6.45, 7) is 33.5. The monoisotopic (exact) mass is 1410 g/mol. The number of nitrogens with one attached hydrogen (secondary N) is 1. The number of rotatable bonds is 25. The highest BCUT2D eigenvalue weighted by molar-refractivity contribution is 6.30. The number of carbonyl (C=O) groups is 6. The number of hydrogen-bond donors (Lipinski definition) is 1. The molecule has 0 unspecified atom stereocenters. The molecule has 0 spiro atoms. The zero-order chi connectivity index (χ0) is 72.7. The van der Waals surface area contributed by atoms with Crippen LogP contribution in [-0.2, 0) is 32.0 Å². The number of esters is 1. The number of carbonyl (C=O) groups excluding carboxylic acids is 6. The van der Waals surface area contributed by atoms with Gasteiger partial charge >= 0.3 is 5.97 Å². The second kappa shape index (κ2) is 35.1. The van der Waals surface area contributed by atoms with E-state index in [0.717, 1.165) is 188 Å². The largest absolute Gasteiger partial charge is 0.466 e. The third-order valence-corrected chi connectivity index (χ3v) is 20.6. The van der Waals surface area contributed by atoms with Gasteiger partial charge in [-0.2, -0.15) is 0 Å². The number of fused-ring (bicyclic) bond motifs is 3. The minimum absolute atomic E-state index is 0.00119. The van der Waals surface area contributed by atoms with Crippen molar-refractivity contribution in [1.29, 1.82) is 0 Å². The predicted octanol–water partition coefficient (Wildman–Crippen LogP) is 16.2. The Morgan fingerprint density at radius 3 is 1.43 bits per heavy atom. The molecule has 1 aliphatic carbocycles. The molecule has 1 N–H and O–H groups in total. The zero-order valence-electron chi connectivity index (χ0n) is 60.5. The number of aryl methyl sites for hydroxylation is 2. The van der Waals surface area contributed by atoms with Crippen LogP contribution in [0.25, 0.3) is 59.9 Å². The Balaban J connectivity index is 0.000000155. The summed E-state index contributed by atoms with van der Waals surface area (Å²) >= 11 is 6.13. The van der Waals surface area contributed by atoms with Gasteiger partial charge in [0.05, 0.1) is 95.6 Å². The number of pyridine rings is 3. The summed E-state index contributed by atoms with van der Waals surface area (Å²) in [4.78, 5) is 104. The van der Waals surface area contributed by atoms with Crippen molar-refractivity contribution in [2.75, 3.05) is 65.5 Å². The van der Waals surface area contributed by atoms with Crippen LogP contribution in [0, 0.1) is 46.8 Å². The van der Waals surface area contributed by atoms with Crippen LogP contribution in [0.3, 0.4) is 0 Å². The second-order valence-corrected chi connectivity index (χ2v) is 28.5. The van der Waals surface area contributed by atoms with E-state index in [1.54, 1.807) is 30.5 Å². The van der Waals surface area contributed by atoms with Crippen LogP contribution in [-0.4, -0.2) is 150 Å². The maximum atomic E-state index is 13.6. The first-order valence-electron chi connectivity index (χ1n) is 36.8. The van der Waals surface area contributed by atoms with Gasteiger partial charge in [-0.05, 0) is 240 Å². The molecular formula is C83H95ClN12O7. The van der Waals surface area contributed by atoms with Crippen LogP contribution in [0.2, 0.25) is 5.02 Å². The maximum Gasteiger partial charge on any atom is 0.305 e. The van der Waals surface area contributed by atoms with Gasteiger partial charge in [-0.25, -0.2) is 9.69 Å². The molecule has 1 amide bonds. The van der Waals surface area contributed by atoms with Gasteiger partial charge in [-0.1, -0.05) is 55.6 Å². The summed E-state index contributed by atoms with van der Waals surface area (Å²) in [7, 11) is 0. The lowest BCUT2D eigenvalue weighted by Crippen LogP contribution is -2.37. The van der Waals surface area contributed by atoms with E-state index in [4.69, 9.17) is 39.5 Å². The van der Waals surface area contributed by atoms with Crippen molar-refractivity contribution in [3.05, 3.63) is 188 Å². The van der Waals surface area contributed by atoms with Gasteiger partial charge in [-0.15, -0.1) is 0 Å². The van der Waals surface area contributed by atoms with E-state index in [0.29, 0.717) is 102 Å². The van der Waals surface area contributed by atoms with Gasteiger partial charge in [0.1, 0.15) is 5.78 Å². The summed E-state index contributed by atoms with van der Waals surface area (Å²) in [6.07, 6.45) is 21.9. The predicted molar refractivity (Wildman–Crippen MR) is 406 cm³/mol. The molecule has 9 aromatic rings. The van der Waals surface area contributed by atoms with Crippen LogP contribution in [0.15, 0.2) is 110 Å². The van der Waals surface area contributed by atoms with Crippen molar-refractivity contribution < 1.29 is 33.5 Å². The molecule has 9 heterocycles. The van der Waals surface area contributed by atoms with E-state index < -0.39 is 0 Å². The molecule has 1 saturated carbocycles. The Kier molecular flexibility index (Phi) is 25.5. The van der Waals surface area contributed by atoms with Crippen molar-refractivity contribution in [2.45, 2.75) is 163 Å². The standard InChI is InChI=1S/C29H34N4O3.C27H32ClN3O2.C27H29N5O2/c1-5-36-27(35)8-6-7-22-13-15-32(16-14-22)19-26(34)28-21(3)33(24-11-9-23(30-4)10-12-24)25-17-20(2)18-31-29(25)28;1-3-7-23(32)13-8-20-16-24-27(29-17-20)26(25(33)18-30-14-5-4-6-15-30)19(2)31(24)22-11-9-21(28)10-12-22;1-18-26(24(33)17-31-12-4-3-5-13-31)27-23(32(18)22-10-8-20(28-2)9-11-22)14-19(16-29-27)15-25(34)30-21-6-7-21/h9-12,17-18,22H,5-8,13-16,19H2,1-3H3;9-12,16-17H,3-8,13-15,18H2,1-2H3;8-11,14,16,21H,3-7,12-13,15,17H2,1H3,(H,30,34). The van der Waals surface area contributed by atoms with E-state index in [1.807, 2.05) is 113 Å². The fraction of sp³-hybridized carbons (Fsp3) is 0.434.